The largest absolute Gasteiger partial charge is 0.390 e. The van der Waals surface area contributed by atoms with Crippen LogP contribution in [-0.2, 0) is 4.74 Å². The van der Waals surface area contributed by atoms with E-state index in [9.17, 15) is 5.11 Å². The Bertz CT molecular complexity index is 176. The first kappa shape index (κ1) is 12.9. The molecule has 0 aromatic carbocycles. The molecule has 0 radical (unpaired) electrons. The number of nitrogens with one attached hydrogen (secondary N) is 1. The molecule has 15 heavy (non-hydrogen) atoms. The molecule has 0 spiro atoms. The van der Waals surface area contributed by atoms with Crippen LogP contribution in [0.25, 0.3) is 0 Å². The molecule has 3 nitrogen and oxygen atoms in total. The minimum atomic E-state index is -0.562. The second kappa shape index (κ2) is 5.83. The van der Waals surface area contributed by atoms with Crippen LogP contribution < -0.4 is 5.32 Å². The molecule has 1 fully saturated rings. The van der Waals surface area contributed by atoms with Gasteiger partial charge in [0.2, 0.25) is 0 Å². The maximum atomic E-state index is 10.3. The molecule has 2 N–H and O–H groups in total. The predicted octanol–water partition coefficient (Wildman–Crippen LogP) is 1.55. The molecule has 1 saturated heterocycles. The lowest BCUT2D eigenvalue weighted by Gasteiger charge is -2.33. The Morgan fingerprint density at radius 1 is 1.60 bits per heavy atom. The second-order valence-electron chi connectivity index (χ2n) is 5.14. The minimum absolute atomic E-state index is 0.317. The zero-order chi connectivity index (χ0) is 11.3. The molecule has 90 valence electrons. The van der Waals surface area contributed by atoms with E-state index < -0.39 is 5.60 Å². The lowest BCUT2D eigenvalue weighted by molar-refractivity contribution is -0.00800. The average Bonchev–Trinajstić information content (AvgIpc) is 2.17. The third kappa shape index (κ3) is 4.96. The molecule has 1 heterocycles. The van der Waals surface area contributed by atoms with Gasteiger partial charge < -0.3 is 15.2 Å². The van der Waals surface area contributed by atoms with Gasteiger partial charge in [0.25, 0.3) is 0 Å². The van der Waals surface area contributed by atoms with Gasteiger partial charge in [-0.3, -0.25) is 0 Å². The standard InChI is InChI=1S/C12H25NO2/c1-4-10(2)7-12(3,14)8-11-9-15-6-5-13-11/h10-11,13-14H,4-9H2,1-3H3. The van der Waals surface area contributed by atoms with Gasteiger partial charge in [-0.15, -0.1) is 0 Å². The molecule has 0 saturated carbocycles. The van der Waals surface area contributed by atoms with E-state index in [1.54, 1.807) is 0 Å². The van der Waals surface area contributed by atoms with E-state index in [4.69, 9.17) is 4.74 Å². The summed E-state index contributed by atoms with van der Waals surface area (Å²) in [6.45, 7) is 8.74. The third-order valence-electron chi connectivity index (χ3n) is 3.17. The molecule has 0 aromatic heterocycles. The van der Waals surface area contributed by atoms with E-state index in [1.165, 1.54) is 0 Å². The lowest BCUT2D eigenvalue weighted by atomic mass is 9.86. The van der Waals surface area contributed by atoms with Crippen molar-refractivity contribution in [1.82, 2.24) is 5.32 Å². The van der Waals surface area contributed by atoms with Crippen molar-refractivity contribution in [2.45, 2.75) is 51.7 Å². The summed E-state index contributed by atoms with van der Waals surface area (Å²) in [5.41, 5.74) is -0.562. The van der Waals surface area contributed by atoms with Crippen LogP contribution in [-0.4, -0.2) is 36.5 Å². The van der Waals surface area contributed by atoms with Crippen molar-refractivity contribution in [3.63, 3.8) is 0 Å². The number of hydrogen-bond donors (Lipinski definition) is 2. The molecular weight excluding hydrogens is 190 g/mol. The van der Waals surface area contributed by atoms with E-state index in [0.717, 1.165) is 39.0 Å². The molecule has 1 aliphatic rings. The Balaban J connectivity index is 2.33. The quantitative estimate of drug-likeness (QED) is 0.731. The van der Waals surface area contributed by atoms with Crippen LogP contribution in [0.3, 0.4) is 0 Å². The molecular formula is C12H25NO2. The first-order chi connectivity index (χ1) is 7.03. The van der Waals surface area contributed by atoms with Gasteiger partial charge in [0.05, 0.1) is 18.8 Å². The van der Waals surface area contributed by atoms with Crippen LogP contribution >= 0.6 is 0 Å². The zero-order valence-electron chi connectivity index (χ0n) is 10.3. The number of aliphatic hydroxyl groups is 1. The Morgan fingerprint density at radius 2 is 2.33 bits per heavy atom. The van der Waals surface area contributed by atoms with Gasteiger partial charge in [-0.25, -0.2) is 0 Å². The summed E-state index contributed by atoms with van der Waals surface area (Å²) in [5, 5.41) is 13.7. The van der Waals surface area contributed by atoms with E-state index in [2.05, 4.69) is 19.2 Å². The Hall–Kier alpha value is -0.120. The van der Waals surface area contributed by atoms with Crippen molar-refractivity contribution in [3.05, 3.63) is 0 Å². The SMILES string of the molecule is CCC(C)CC(C)(O)CC1COCCN1. The van der Waals surface area contributed by atoms with Crippen LogP contribution in [0, 0.1) is 5.92 Å². The highest BCUT2D eigenvalue weighted by Crippen LogP contribution is 2.24. The summed E-state index contributed by atoms with van der Waals surface area (Å²) in [7, 11) is 0. The smallest absolute Gasteiger partial charge is 0.0638 e. The zero-order valence-corrected chi connectivity index (χ0v) is 10.3. The molecule has 0 aromatic rings. The Morgan fingerprint density at radius 3 is 2.87 bits per heavy atom. The summed E-state index contributed by atoms with van der Waals surface area (Å²) in [4.78, 5) is 0. The highest BCUT2D eigenvalue weighted by molar-refractivity contribution is 4.83. The average molecular weight is 215 g/mol. The summed E-state index contributed by atoms with van der Waals surface area (Å²) < 4.78 is 5.39. The number of morpholine rings is 1. The second-order valence-corrected chi connectivity index (χ2v) is 5.14. The van der Waals surface area contributed by atoms with Gasteiger partial charge in [0, 0.05) is 12.6 Å². The Labute approximate surface area is 93.2 Å². The van der Waals surface area contributed by atoms with Crippen molar-refractivity contribution in [1.29, 1.82) is 0 Å². The molecule has 3 heteroatoms. The van der Waals surface area contributed by atoms with Gasteiger partial charge in [0.1, 0.15) is 0 Å². The first-order valence-corrected chi connectivity index (χ1v) is 6.07. The van der Waals surface area contributed by atoms with Crippen molar-refractivity contribution < 1.29 is 9.84 Å². The van der Waals surface area contributed by atoms with Crippen LogP contribution in [0.2, 0.25) is 0 Å². The molecule has 3 unspecified atom stereocenters. The number of hydrogen-bond acceptors (Lipinski definition) is 3. The highest BCUT2D eigenvalue weighted by Gasteiger charge is 2.27. The summed E-state index contributed by atoms with van der Waals surface area (Å²) in [6, 6.07) is 0.317. The van der Waals surface area contributed by atoms with Gasteiger partial charge in [-0.05, 0) is 25.7 Å². The topological polar surface area (TPSA) is 41.5 Å². The Kier molecular flexibility index (Phi) is 5.03. The van der Waals surface area contributed by atoms with Crippen molar-refractivity contribution >= 4 is 0 Å². The summed E-state index contributed by atoms with van der Waals surface area (Å²) in [5.74, 6) is 0.588. The molecule has 1 rings (SSSR count). The summed E-state index contributed by atoms with van der Waals surface area (Å²) in [6.07, 6.45) is 2.80. The van der Waals surface area contributed by atoms with Crippen LogP contribution in [0.4, 0.5) is 0 Å². The van der Waals surface area contributed by atoms with Gasteiger partial charge in [-0.2, -0.15) is 0 Å². The third-order valence-corrected chi connectivity index (χ3v) is 3.17. The fourth-order valence-electron chi connectivity index (χ4n) is 2.26. The molecule has 0 amide bonds. The first-order valence-electron chi connectivity index (χ1n) is 6.07. The molecule has 1 aliphatic heterocycles. The fourth-order valence-corrected chi connectivity index (χ4v) is 2.26. The van der Waals surface area contributed by atoms with Gasteiger partial charge in [-0.1, -0.05) is 20.3 Å². The summed E-state index contributed by atoms with van der Waals surface area (Å²) >= 11 is 0. The van der Waals surface area contributed by atoms with Crippen molar-refractivity contribution in [3.8, 4) is 0 Å². The van der Waals surface area contributed by atoms with E-state index in [1.807, 2.05) is 6.92 Å². The van der Waals surface area contributed by atoms with Crippen LogP contribution in [0.15, 0.2) is 0 Å². The lowest BCUT2D eigenvalue weighted by Crippen LogP contribution is -2.46. The molecule has 0 aliphatic carbocycles. The monoisotopic (exact) mass is 215 g/mol. The van der Waals surface area contributed by atoms with Gasteiger partial charge in [0.15, 0.2) is 0 Å². The normalized spacial score (nSPS) is 28.4. The maximum absolute atomic E-state index is 10.3. The predicted molar refractivity (Wildman–Crippen MR) is 61.9 cm³/mol. The number of ether oxygens (including phenoxy) is 1. The van der Waals surface area contributed by atoms with Crippen molar-refractivity contribution in [2.24, 2.45) is 5.92 Å². The van der Waals surface area contributed by atoms with Crippen LogP contribution in [0.1, 0.15) is 40.0 Å². The van der Waals surface area contributed by atoms with Crippen LogP contribution in [0.5, 0.6) is 0 Å². The molecule has 3 atom stereocenters. The maximum Gasteiger partial charge on any atom is 0.0638 e. The minimum Gasteiger partial charge on any atom is -0.390 e. The highest BCUT2D eigenvalue weighted by atomic mass is 16.5. The number of rotatable bonds is 5. The van der Waals surface area contributed by atoms with E-state index >= 15 is 0 Å². The van der Waals surface area contributed by atoms with E-state index in [-0.39, 0.29) is 0 Å². The van der Waals surface area contributed by atoms with E-state index in [0.29, 0.717) is 12.0 Å². The van der Waals surface area contributed by atoms with Gasteiger partial charge >= 0.3 is 0 Å². The molecule has 0 bridgehead atoms. The fraction of sp³-hybridized carbons (Fsp3) is 1.00. The van der Waals surface area contributed by atoms with Crippen molar-refractivity contribution in [2.75, 3.05) is 19.8 Å².